The predicted octanol–water partition coefficient (Wildman–Crippen LogP) is 1.46. The highest BCUT2D eigenvalue weighted by atomic mass is 32.2. The molecule has 8 heteroatoms. The van der Waals surface area contributed by atoms with Gasteiger partial charge in [0.1, 0.15) is 4.90 Å². The summed E-state index contributed by atoms with van der Waals surface area (Å²) in [5.41, 5.74) is 1.50. The zero-order valence-electron chi connectivity index (χ0n) is 11.0. The molecule has 21 heavy (non-hydrogen) atoms. The van der Waals surface area contributed by atoms with E-state index in [0.717, 1.165) is 5.56 Å². The maximum absolute atomic E-state index is 12.0. The van der Waals surface area contributed by atoms with E-state index in [0.29, 0.717) is 12.2 Å². The van der Waals surface area contributed by atoms with Gasteiger partial charge in [-0.3, -0.25) is 14.5 Å². The summed E-state index contributed by atoms with van der Waals surface area (Å²) in [5.74, 6) is 0. The fourth-order valence-electron chi connectivity index (χ4n) is 1.87. The van der Waals surface area contributed by atoms with Gasteiger partial charge in [-0.2, -0.15) is 10.2 Å². The summed E-state index contributed by atoms with van der Waals surface area (Å²) < 4.78 is 28.2. The fraction of sp³-hybridized carbons (Fsp3) is 0.0769. The summed E-state index contributed by atoms with van der Waals surface area (Å²) in [6.45, 7) is 0.578. The van der Waals surface area contributed by atoms with Crippen LogP contribution in [0.4, 0.5) is 5.69 Å². The molecule has 0 radical (unpaired) electrons. The lowest BCUT2D eigenvalue weighted by molar-refractivity contribution is 0.601. The quantitative estimate of drug-likeness (QED) is 0.746. The number of aromatic nitrogens is 4. The minimum absolute atomic E-state index is 0.0818. The second kappa shape index (κ2) is 5.41. The van der Waals surface area contributed by atoms with Gasteiger partial charge in [-0.25, -0.2) is 8.42 Å². The Labute approximate surface area is 121 Å². The second-order valence-electron chi connectivity index (χ2n) is 4.45. The van der Waals surface area contributed by atoms with Gasteiger partial charge in [-0.05, 0) is 5.56 Å². The van der Waals surface area contributed by atoms with E-state index in [1.54, 1.807) is 10.9 Å². The van der Waals surface area contributed by atoms with Crippen LogP contribution in [0.2, 0.25) is 0 Å². The molecule has 7 nitrogen and oxygen atoms in total. The summed E-state index contributed by atoms with van der Waals surface area (Å²) in [7, 11) is -3.63. The molecule has 2 N–H and O–H groups in total. The predicted molar refractivity (Wildman–Crippen MR) is 77.2 cm³/mol. The first kappa shape index (κ1) is 13.4. The smallest absolute Gasteiger partial charge is 0.265 e. The standard InChI is InChI=1S/C13H13N5O2S/c19-21(20,13-7-14-15-8-13)17-12-6-16-18(10-12)9-11-4-2-1-3-5-11/h1-8,10,17H,9H2,(H,14,15). The van der Waals surface area contributed by atoms with E-state index in [1.165, 1.54) is 18.6 Å². The Hall–Kier alpha value is -2.61. The van der Waals surface area contributed by atoms with E-state index in [4.69, 9.17) is 0 Å². The van der Waals surface area contributed by atoms with E-state index < -0.39 is 10.0 Å². The molecule has 0 fully saturated rings. The highest BCUT2D eigenvalue weighted by Gasteiger charge is 2.16. The zero-order valence-corrected chi connectivity index (χ0v) is 11.8. The van der Waals surface area contributed by atoms with Crippen LogP contribution in [0.25, 0.3) is 0 Å². The van der Waals surface area contributed by atoms with Crippen molar-refractivity contribution in [3.63, 3.8) is 0 Å². The molecular weight excluding hydrogens is 290 g/mol. The molecule has 0 bridgehead atoms. The maximum atomic E-state index is 12.0. The van der Waals surface area contributed by atoms with Crippen LogP contribution >= 0.6 is 0 Å². The van der Waals surface area contributed by atoms with Gasteiger partial charge in [0, 0.05) is 12.4 Å². The van der Waals surface area contributed by atoms with E-state index in [-0.39, 0.29) is 4.90 Å². The van der Waals surface area contributed by atoms with Gasteiger partial charge in [0.05, 0.1) is 24.6 Å². The van der Waals surface area contributed by atoms with Gasteiger partial charge >= 0.3 is 0 Å². The monoisotopic (exact) mass is 303 g/mol. The van der Waals surface area contributed by atoms with Gasteiger partial charge < -0.3 is 0 Å². The summed E-state index contributed by atoms with van der Waals surface area (Å²) in [5, 5.41) is 10.2. The Balaban J connectivity index is 1.74. The van der Waals surface area contributed by atoms with Crippen LogP contribution in [0.15, 0.2) is 60.0 Å². The molecule has 0 saturated carbocycles. The van der Waals surface area contributed by atoms with Gasteiger partial charge in [-0.1, -0.05) is 30.3 Å². The van der Waals surface area contributed by atoms with Crippen molar-refractivity contribution < 1.29 is 8.42 Å². The van der Waals surface area contributed by atoms with Gasteiger partial charge in [0.25, 0.3) is 10.0 Å². The minimum atomic E-state index is -3.63. The highest BCUT2D eigenvalue weighted by molar-refractivity contribution is 7.92. The van der Waals surface area contributed by atoms with Gasteiger partial charge in [-0.15, -0.1) is 0 Å². The molecule has 0 atom stereocenters. The molecule has 0 aliphatic heterocycles. The number of H-pyrrole nitrogens is 1. The first-order valence-corrected chi connectivity index (χ1v) is 7.70. The Morgan fingerprint density at radius 1 is 1.19 bits per heavy atom. The topological polar surface area (TPSA) is 92.7 Å². The molecule has 2 aromatic heterocycles. The number of anilines is 1. The summed E-state index contributed by atoms with van der Waals surface area (Å²) in [4.78, 5) is 0.0818. The van der Waals surface area contributed by atoms with Crippen molar-refractivity contribution in [2.45, 2.75) is 11.4 Å². The van der Waals surface area contributed by atoms with Gasteiger partial charge in [0.2, 0.25) is 0 Å². The third-order valence-electron chi connectivity index (χ3n) is 2.86. The molecule has 3 aromatic rings. The number of hydrogen-bond acceptors (Lipinski definition) is 4. The first-order chi connectivity index (χ1) is 10.1. The van der Waals surface area contributed by atoms with Crippen molar-refractivity contribution in [2.75, 3.05) is 4.72 Å². The van der Waals surface area contributed by atoms with Crippen molar-refractivity contribution in [3.8, 4) is 0 Å². The number of benzene rings is 1. The summed E-state index contributed by atoms with van der Waals surface area (Å²) in [6.07, 6.45) is 5.68. The number of sulfonamides is 1. The lowest BCUT2D eigenvalue weighted by atomic mass is 10.2. The van der Waals surface area contributed by atoms with Crippen molar-refractivity contribution in [2.24, 2.45) is 0 Å². The molecule has 0 aliphatic carbocycles. The average Bonchev–Trinajstić information content (AvgIpc) is 3.11. The number of rotatable bonds is 5. The zero-order chi connectivity index (χ0) is 14.7. The molecule has 0 unspecified atom stereocenters. The lowest BCUT2D eigenvalue weighted by Gasteiger charge is -2.03. The fourth-order valence-corrected chi connectivity index (χ4v) is 2.81. The van der Waals surface area contributed by atoms with E-state index in [9.17, 15) is 8.42 Å². The Morgan fingerprint density at radius 3 is 2.71 bits per heavy atom. The molecule has 0 amide bonds. The number of nitrogens with zero attached hydrogens (tertiary/aromatic N) is 3. The minimum Gasteiger partial charge on any atom is -0.284 e. The van der Waals surface area contributed by atoms with Crippen molar-refractivity contribution in [1.82, 2.24) is 20.0 Å². The third kappa shape index (κ3) is 3.11. The molecule has 0 aliphatic rings. The van der Waals surface area contributed by atoms with Crippen molar-refractivity contribution >= 4 is 15.7 Å². The molecule has 0 spiro atoms. The van der Waals surface area contributed by atoms with Crippen LogP contribution in [0.3, 0.4) is 0 Å². The van der Waals surface area contributed by atoms with Crippen LogP contribution in [0.1, 0.15) is 5.56 Å². The third-order valence-corrected chi connectivity index (χ3v) is 4.20. The summed E-state index contributed by atoms with van der Waals surface area (Å²) >= 11 is 0. The van der Waals surface area contributed by atoms with Gasteiger partial charge in [0.15, 0.2) is 0 Å². The average molecular weight is 303 g/mol. The van der Waals surface area contributed by atoms with E-state index >= 15 is 0 Å². The number of aromatic amines is 1. The lowest BCUT2D eigenvalue weighted by Crippen LogP contribution is -2.11. The molecule has 1 aromatic carbocycles. The Kier molecular flexibility index (Phi) is 3.44. The summed E-state index contributed by atoms with van der Waals surface area (Å²) in [6, 6.07) is 9.80. The van der Waals surface area contributed by atoms with Crippen molar-refractivity contribution in [3.05, 3.63) is 60.7 Å². The van der Waals surface area contributed by atoms with Crippen molar-refractivity contribution in [1.29, 1.82) is 0 Å². The van der Waals surface area contributed by atoms with E-state index in [1.807, 2.05) is 30.3 Å². The molecule has 108 valence electrons. The molecule has 3 rings (SSSR count). The van der Waals surface area contributed by atoms with E-state index in [2.05, 4.69) is 20.0 Å². The molecule has 2 heterocycles. The second-order valence-corrected chi connectivity index (χ2v) is 6.13. The van der Waals surface area contributed by atoms with Crippen LogP contribution in [-0.2, 0) is 16.6 Å². The van der Waals surface area contributed by atoms with Crippen LogP contribution < -0.4 is 4.72 Å². The SMILES string of the molecule is O=S(=O)(Nc1cnn(Cc2ccccc2)c1)c1cn[nH]c1. The maximum Gasteiger partial charge on any atom is 0.265 e. The van der Waals surface area contributed by atoms with Crippen LogP contribution in [0, 0.1) is 0 Å². The molecule has 0 saturated heterocycles. The first-order valence-electron chi connectivity index (χ1n) is 6.21. The number of hydrogen-bond donors (Lipinski definition) is 2. The Bertz CT molecular complexity index is 809. The van der Waals surface area contributed by atoms with Crippen LogP contribution in [-0.4, -0.2) is 28.4 Å². The largest absolute Gasteiger partial charge is 0.284 e. The highest BCUT2D eigenvalue weighted by Crippen LogP contribution is 2.14. The normalized spacial score (nSPS) is 11.4. The molecular formula is C13H13N5O2S. The number of nitrogens with one attached hydrogen (secondary N) is 2. The Morgan fingerprint density at radius 2 is 2.00 bits per heavy atom. The van der Waals surface area contributed by atoms with Crippen LogP contribution in [0.5, 0.6) is 0 Å².